The lowest BCUT2D eigenvalue weighted by Crippen LogP contribution is -2.19. The molecule has 0 bridgehead atoms. The molecular formula is C8H12Br2O2. The molecule has 1 unspecified atom stereocenters. The fraction of sp³-hybridized carbons (Fsp3) is 0.625. The lowest BCUT2D eigenvalue weighted by molar-refractivity contribution is -0.143. The van der Waals surface area contributed by atoms with E-state index in [0.717, 1.165) is 4.48 Å². The molecule has 0 amide bonds. The first-order chi connectivity index (χ1) is 5.49. The van der Waals surface area contributed by atoms with Crippen molar-refractivity contribution in [3.63, 3.8) is 0 Å². The molecule has 0 aliphatic heterocycles. The zero-order valence-electron chi connectivity index (χ0n) is 7.05. The van der Waals surface area contributed by atoms with Crippen LogP contribution in [0.2, 0.25) is 0 Å². The van der Waals surface area contributed by atoms with Gasteiger partial charge in [-0.15, -0.1) is 0 Å². The third-order valence-electron chi connectivity index (χ3n) is 1.66. The van der Waals surface area contributed by atoms with E-state index < -0.39 is 5.97 Å². The summed E-state index contributed by atoms with van der Waals surface area (Å²) in [5.74, 6) is -0.896. The van der Waals surface area contributed by atoms with Crippen LogP contribution in [0.15, 0.2) is 9.47 Å². The minimum Gasteiger partial charge on any atom is -0.481 e. The van der Waals surface area contributed by atoms with E-state index in [9.17, 15) is 4.79 Å². The van der Waals surface area contributed by atoms with Gasteiger partial charge in [0, 0.05) is 4.48 Å². The Bertz CT molecular complexity index is 187. The van der Waals surface area contributed by atoms with Crippen LogP contribution in [-0.4, -0.2) is 11.1 Å². The summed E-state index contributed by atoms with van der Waals surface area (Å²) in [7, 11) is 0. The van der Waals surface area contributed by atoms with Gasteiger partial charge in [0.1, 0.15) is 0 Å². The van der Waals surface area contributed by atoms with E-state index in [1.54, 1.807) is 4.99 Å². The second kappa shape index (κ2) is 5.75. The fourth-order valence-electron chi connectivity index (χ4n) is 0.863. The van der Waals surface area contributed by atoms with Crippen molar-refractivity contribution in [2.75, 3.05) is 0 Å². The van der Waals surface area contributed by atoms with Gasteiger partial charge in [-0.1, -0.05) is 45.7 Å². The van der Waals surface area contributed by atoms with E-state index >= 15 is 0 Å². The maximum Gasteiger partial charge on any atom is 0.307 e. The molecule has 2 nitrogen and oxygen atoms in total. The van der Waals surface area contributed by atoms with Crippen LogP contribution in [0.25, 0.3) is 0 Å². The smallest absolute Gasteiger partial charge is 0.307 e. The number of carbonyl (C=O) groups is 1. The van der Waals surface area contributed by atoms with Gasteiger partial charge >= 0.3 is 5.97 Å². The molecule has 0 spiro atoms. The van der Waals surface area contributed by atoms with E-state index in [4.69, 9.17) is 5.11 Å². The van der Waals surface area contributed by atoms with Gasteiger partial charge in [-0.2, -0.15) is 0 Å². The second-order valence-corrected chi connectivity index (χ2v) is 4.43. The third-order valence-corrected chi connectivity index (χ3v) is 3.37. The Balaban J connectivity index is 4.24. The van der Waals surface area contributed by atoms with Crippen LogP contribution in [0.5, 0.6) is 0 Å². The Labute approximate surface area is 89.3 Å². The van der Waals surface area contributed by atoms with Crippen molar-refractivity contribution >= 4 is 37.8 Å². The predicted molar refractivity (Wildman–Crippen MR) is 56.5 cm³/mol. The first kappa shape index (κ1) is 12.2. The summed E-state index contributed by atoms with van der Waals surface area (Å²) in [6.45, 7) is 3.82. The van der Waals surface area contributed by atoms with Gasteiger partial charge in [-0.25, -0.2) is 0 Å². The number of halogens is 2. The lowest BCUT2D eigenvalue weighted by Gasteiger charge is -2.14. The van der Waals surface area contributed by atoms with Crippen molar-refractivity contribution in [3.05, 3.63) is 9.47 Å². The Kier molecular flexibility index (Phi) is 5.84. The van der Waals surface area contributed by atoms with Crippen LogP contribution >= 0.6 is 31.9 Å². The van der Waals surface area contributed by atoms with Gasteiger partial charge in [0.15, 0.2) is 0 Å². The van der Waals surface area contributed by atoms with E-state index in [1.165, 1.54) is 0 Å². The monoisotopic (exact) mass is 298 g/mol. The second-order valence-electron chi connectivity index (χ2n) is 2.95. The van der Waals surface area contributed by atoms with E-state index in [0.29, 0.717) is 6.42 Å². The predicted octanol–water partition coefficient (Wildman–Crippen LogP) is 3.36. The van der Waals surface area contributed by atoms with Crippen molar-refractivity contribution < 1.29 is 9.90 Å². The van der Waals surface area contributed by atoms with Gasteiger partial charge in [0.05, 0.1) is 5.92 Å². The zero-order valence-corrected chi connectivity index (χ0v) is 10.2. The van der Waals surface area contributed by atoms with Crippen molar-refractivity contribution in [1.82, 2.24) is 0 Å². The number of hydrogen-bond donors (Lipinski definition) is 1. The molecule has 0 aliphatic rings. The Hall–Kier alpha value is 0.170. The molecule has 4 heteroatoms. The Morgan fingerprint density at radius 3 is 2.33 bits per heavy atom. The molecule has 0 saturated carbocycles. The number of carboxylic acid groups (broad SMARTS) is 1. The molecule has 0 fully saturated rings. The summed E-state index contributed by atoms with van der Waals surface area (Å²) in [5.41, 5.74) is 0. The van der Waals surface area contributed by atoms with Crippen LogP contribution < -0.4 is 0 Å². The topological polar surface area (TPSA) is 37.3 Å². The minimum absolute atomic E-state index is 0.155. The lowest BCUT2D eigenvalue weighted by atomic mass is 9.93. The average molecular weight is 300 g/mol. The molecule has 1 N–H and O–H groups in total. The SMILES string of the molecule is CC(C)C(C/C(Br)=C/Br)C(=O)O. The average Bonchev–Trinajstić information content (AvgIpc) is 1.98. The number of aliphatic carboxylic acids is 1. The van der Waals surface area contributed by atoms with Crippen LogP contribution in [-0.2, 0) is 4.79 Å². The highest BCUT2D eigenvalue weighted by molar-refractivity contribution is 9.14. The molecule has 0 rings (SSSR count). The Morgan fingerprint density at radius 1 is 1.58 bits per heavy atom. The summed E-state index contributed by atoms with van der Waals surface area (Å²) in [4.78, 5) is 12.4. The number of hydrogen-bond acceptors (Lipinski definition) is 1. The molecule has 1 atom stereocenters. The maximum absolute atomic E-state index is 10.7. The number of allylic oxidation sites excluding steroid dienone is 1. The molecule has 0 heterocycles. The molecule has 0 aliphatic carbocycles. The summed E-state index contributed by atoms with van der Waals surface area (Å²) in [6.07, 6.45) is 0.540. The normalized spacial score (nSPS) is 14.9. The van der Waals surface area contributed by atoms with E-state index in [2.05, 4.69) is 31.9 Å². The van der Waals surface area contributed by atoms with Gasteiger partial charge in [-0.05, 0) is 17.3 Å². The zero-order chi connectivity index (χ0) is 9.72. The molecule has 0 aromatic rings. The molecule has 0 radical (unpaired) electrons. The van der Waals surface area contributed by atoms with Crippen LogP contribution in [0.1, 0.15) is 20.3 Å². The summed E-state index contributed by atoms with van der Waals surface area (Å²) in [5, 5.41) is 8.82. The number of carboxylic acids is 1. The quantitative estimate of drug-likeness (QED) is 0.864. The fourth-order valence-corrected chi connectivity index (χ4v) is 1.40. The summed E-state index contributed by atoms with van der Waals surface area (Å²) in [6, 6.07) is 0. The highest BCUT2D eigenvalue weighted by Crippen LogP contribution is 2.24. The first-order valence-electron chi connectivity index (χ1n) is 3.66. The standard InChI is InChI=1S/C8H12Br2O2/c1-5(2)7(8(11)12)3-6(10)4-9/h4-5,7H,3H2,1-2H3,(H,11,12)/b6-4-. The molecule has 0 aromatic carbocycles. The summed E-state index contributed by atoms with van der Waals surface area (Å²) >= 11 is 6.40. The van der Waals surface area contributed by atoms with Gasteiger partial charge in [0.25, 0.3) is 0 Å². The minimum atomic E-state index is -0.740. The van der Waals surface area contributed by atoms with Crippen LogP contribution in [0.3, 0.4) is 0 Å². The van der Waals surface area contributed by atoms with Gasteiger partial charge in [0.2, 0.25) is 0 Å². The van der Waals surface area contributed by atoms with Crippen molar-refractivity contribution in [1.29, 1.82) is 0 Å². The molecule has 12 heavy (non-hydrogen) atoms. The molecule has 70 valence electrons. The van der Waals surface area contributed by atoms with Crippen LogP contribution in [0, 0.1) is 11.8 Å². The van der Waals surface area contributed by atoms with Gasteiger partial charge < -0.3 is 5.11 Å². The number of rotatable bonds is 4. The maximum atomic E-state index is 10.7. The molecule has 0 saturated heterocycles. The van der Waals surface area contributed by atoms with Gasteiger partial charge in [-0.3, -0.25) is 4.79 Å². The van der Waals surface area contributed by atoms with Crippen molar-refractivity contribution in [2.24, 2.45) is 11.8 Å². The highest BCUT2D eigenvalue weighted by atomic mass is 79.9. The summed E-state index contributed by atoms with van der Waals surface area (Å²) < 4.78 is 0.878. The Morgan fingerprint density at radius 2 is 2.08 bits per heavy atom. The molecule has 0 aromatic heterocycles. The van der Waals surface area contributed by atoms with Crippen LogP contribution in [0.4, 0.5) is 0 Å². The van der Waals surface area contributed by atoms with Crippen molar-refractivity contribution in [3.8, 4) is 0 Å². The van der Waals surface area contributed by atoms with E-state index in [1.807, 2.05) is 13.8 Å². The third kappa shape index (κ3) is 4.26. The molecular weight excluding hydrogens is 288 g/mol. The highest BCUT2D eigenvalue weighted by Gasteiger charge is 2.21. The first-order valence-corrected chi connectivity index (χ1v) is 5.37. The van der Waals surface area contributed by atoms with Crippen molar-refractivity contribution in [2.45, 2.75) is 20.3 Å². The largest absolute Gasteiger partial charge is 0.481 e. The van der Waals surface area contributed by atoms with E-state index in [-0.39, 0.29) is 11.8 Å².